The molecule has 2 aliphatic heterocycles. The Balaban J connectivity index is 0.000000288. The van der Waals surface area contributed by atoms with Gasteiger partial charge in [0.05, 0.1) is 22.8 Å². The summed E-state index contributed by atoms with van der Waals surface area (Å²) in [5.41, 5.74) is 7.86. The van der Waals surface area contributed by atoms with Crippen LogP contribution in [0, 0.1) is 0 Å². The molecule has 8 heteroatoms. The fourth-order valence-corrected chi connectivity index (χ4v) is 3.15. The number of nitrogens with one attached hydrogen (secondary N) is 2. The van der Waals surface area contributed by atoms with Gasteiger partial charge in [-0.05, 0) is 72.8 Å². The number of rotatable bonds is 0. The molecule has 1 radical (unpaired) electrons. The van der Waals surface area contributed by atoms with Crippen LogP contribution in [0.3, 0.4) is 0 Å². The summed E-state index contributed by atoms with van der Waals surface area (Å²) >= 11 is 0. The number of aromatic amines is 2. The number of nitrogens with zero attached hydrogens (tertiary/aromatic N) is 5. The zero-order valence-corrected chi connectivity index (χ0v) is 17.3. The number of aromatic nitrogens is 7. The molecule has 0 atom stereocenters. The molecule has 0 saturated carbocycles. The molecule has 6 rings (SSSR count). The average Bonchev–Trinajstić information content (AvgIpc) is 3.56. The predicted molar refractivity (Wildman–Crippen MR) is 119 cm³/mol. The van der Waals surface area contributed by atoms with Crippen molar-refractivity contribution in [3.8, 4) is 0 Å². The third kappa shape index (κ3) is 5.19. The molecule has 4 aromatic rings. The van der Waals surface area contributed by atoms with E-state index >= 15 is 0 Å². The molecule has 4 aromatic heterocycles. The number of hydrogen-bond donors (Lipinski definition) is 2. The van der Waals surface area contributed by atoms with Crippen LogP contribution in [0.4, 0.5) is 0 Å². The molecule has 0 saturated heterocycles. The van der Waals surface area contributed by atoms with Crippen molar-refractivity contribution in [3.05, 3.63) is 90.3 Å². The summed E-state index contributed by atoms with van der Waals surface area (Å²) in [7, 11) is 0. The molecule has 7 nitrogen and oxygen atoms in total. The van der Waals surface area contributed by atoms with E-state index in [0.717, 1.165) is 44.8 Å². The van der Waals surface area contributed by atoms with E-state index < -0.39 is 0 Å². The second-order valence-corrected chi connectivity index (χ2v) is 6.70. The summed E-state index contributed by atoms with van der Waals surface area (Å²) in [5, 5.41) is 0. The Labute approximate surface area is 188 Å². The molecular weight excluding hydrogens is 433 g/mol. The number of fused-ring (bicyclic) bond motifs is 8. The molecule has 0 aromatic carbocycles. The standard InChI is InChI=1S/C20H14N4.C3H3N3.Co/c1-2-14-10-16-5-6-18(23-16)12-20-8-7-19(24-20)11-17-4-3-15(22-17)9-13(1)21-14;1-4-2-6-3-5-1;/h1-12,21,24H;1-3H;. The van der Waals surface area contributed by atoms with Gasteiger partial charge in [0.1, 0.15) is 19.0 Å². The van der Waals surface area contributed by atoms with E-state index in [1.165, 1.54) is 19.0 Å². The molecule has 6 heterocycles. The fourth-order valence-electron chi connectivity index (χ4n) is 3.15. The van der Waals surface area contributed by atoms with Crippen molar-refractivity contribution in [3.63, 3.8) is 0 Å². The van der Waals surface area contributed by atoms with Crippen LogP contribution < -0.4 is 0 Å². The first-order valence-electron chi connectivity index (χ1n) is 9.40. The van der Waals surface area contributed by atoms with E-state index in [4.69, 9.17) is 0 Å². The molecule has 0 amide bonds. The molecule has 2 aliphatic rings. The molecule has 31 heavy (non-hydrogen) atoms. The SMILES string of the molecule is C1=Cc2cc3ccc(cc4nc(cc5ccc(cc1n2)[nH]5)C=C4)[nH]3.[Co].c1ncncn1. The van der Waals surface area contributed by atoms with Gasteiger partial charge in [0.2, 0.25) is 0 Å². The predicted octanol–water partition coefficient (Wildman–Crippen LogP) is 4.52. The molecule has 0 unspecified atom stereocenters. The van der Waals surface area contributed by atoms with Gasteiger partial charge in [0.25, 0.3) is 0 Å². The Hall–Kier alpha value is -3.88. The molecular formula is C23H17CoN7. The Morgan fingerprint density at radius 2 is 0.742 bits per heavy atom. The third-order valence-electron chi connectivity index (χ3n) is 4.44. The van der Waals surface area contributed by atoms with Crippen LogP contribution in [0.2, 0.25) is 0 Å². The summed E-state index contributed by atoms with van der Waals surface area (Å²) in [4.78, 5) is 26.7. The van der Waals surface area contributed by atoms with Gasteiger partial charge in [-0.3, -0.25) is 0 Å². The monoisotopic (exact) mass is 450 g/mol. The van der Waals surface area contributed by atoms with Crippen LogP contribution in [0.15, 0.2) is 67.5 Å². The third-order valence-corrected chi connectivity index (χ3v) is 4.44. The van der Waals surface area contributed by atoms with Crippen LogP contribution in [0.25, 0.3) is 46.4 Å². The second kappa shape index (κ2) is 9.29. The Bertz CT molecular complexity index is 1200. The quantitative estimate of drug-likeness (QED) is 0.355. The molecule has 2 N–H and O–H groups in total. The zero-order chi connectivity index (χ0) is 20.2. The Morgan fingerprint density at radius 1 is 0.452 bits per heavy atom. The van der Waals surface area contributed by atoms with Crippen molar-refractivity contribution in [1.29, 1.82) is 0 Å². The zero-order valence-electron chi connectivity index (χ0n) is 16.2. The molecule has 0 aliphatic carbocycles. The second-order valence-electron chi connectivity index (χ2n) is 6.70. The Kier molecular flexibility index (Phi) is 6.11. The smallest absolute Gasteiger partial charge is 0.119 e. The van der Waals surface area contributed by atoms with E-state index in [-0.39, 0.29) is 16.8 Å². The minimum absolute atomic E-state index is 0. The summed E-state index contributed by atoms with van der Waals surface area (Å²) < 4.78 is 0. The summed E-state index contributed by atoms with van der Waals surface area (Å²) in [5.74, 6) is 0. The van der Waals surface area contributed by atoms with E-state index in [1.807, 2.05) is 48.6 Å². The van der Waals surface area contributed by atoms with Gasteiger partial charge in [-0.25, -0.2) is 24.9 Å². The maximum absolute atomic E-state index is 4.63. The van der Waals surface area contributed by atoms with Crippen molar-refractivity contribution in [2.45, 2.75) is 0 Å². The minimum atomic E-state index is 0. The van der Waals surface area contributed by atoms with Gasteiger partial charge < -0.3 is 9.97 Å². The summed E-state index contributed by atoms with van der Waals surface area (Å²) in [6, 6.07) is 16.4. The van der Waals surface area contributed by atoms with Crippen LogP contribution in [0.5, 0.6) is 0 Å². The first-order chi connectivity index (χ1) is 14.8. The van der Waals surface area contributed by atoms with Crippen LogP contribution >= 0.6 is 0 Å². The number of H-pyrrole nitrogens is 2. The van der Waals surface area contributed by atoms with Crippen molar-refractivity contribution < 1.29 is 16.8 Å². The first kappa shape index (κ1) is 20.4. The van der Waals surface area contributed by atoms with Gasteiger partial charge in [-0.2, -0.15) is 0 Å². The average molecular weight is 450 g/mol. The summed E-state index contributed by atoms with van der Waals surface area (Å²) in [6.07, 6.45) is 12.4. The van der Waals surface area contributed by atoms with Gasteiger partial charge in [0, 0.05) is 38.8 Å². The van der Waals surface area contributed by atoms with Crippen LogP contribution in [-0.4, -0.2) is 34.9 Å². The maximum Gasteiger partial charge on any atom is 0.119 e. The van der Waals surface area contributed by atoms with Crippen molar-refractivity contribution in [2.24, 2.45) is 0 Å². The van der Waals surface area contributed by atoms with Gasteiger partial charge in [-0.15, -0.1) is 0 Å². The van der Waals surface area contributed by atoms with E-state index in [9.17, 15) is 0 Å². The van der Waals surface area contributed by atoms with Crippen molar-refractivity contribution >= 4 is 46.4 Å². The molecule has 8 bridgehead atoms. The largest absolute Gasteiger partial charge is 0.355 e. The van der Waals surface area contributed by atoms with Gasteiger partial charge in [0.15, 0.2) is 0 Å². The maximum atomic E-state index is 4.63. The molecule has 0 spiro atoms. The van der Waals surface area contributed by atoms with Crippen LogP contribution in [0.1, 0.15) is 22.8 Å². The molecule has 153 valence electrons. The van der Waals surface area contributed by atoms with Gasteiger partial charge >= 0.3 is 0 Å². The number of hydrogen-bond acceptors (Lipinski definition) is 5. The normalized spacial score (nSPS) is 11.4. The Morgan fingerprint density at radius 3 is 1.00 bits per heavy atom. The minimum Gasteiger partial charge on any atom is -0.355 e. The molecule has 0 fully saturated rings. The van der Waals surface area contributed by atoms with E-state index in [0.29, 0.717) is 0 Å². The van der Waals surface area contributed by atoms with Crippen molar-refractivity contribution in [1.82, 2.24) is 34.9 Å². The van der Waals surface area contributed by atoms with Crippen LogP contribution in [-0.2, 0) is 16.8 Å². The van der Waals surface area contributed by atoms with Crippen molar-refractivity contribution in [2.75, 3.05) is 0 Å². The van der Waals surface area contributed by atoms with Gasteiger partial charge in [-0.1, -0.05) is 0 Å². The van der Waals surface area contributed by atoms with E-state index in [1.54, 1.807) is 0 Å². The fraction of sp³-hybridized carbons (Fsp3) is 0. The summed E-state index contributed by atoms with van der Waals surface area (Å²) in [6.45, 7) is 0. The topological polar surface area (TPSA) is 96.0 Å². The first-order valence-corrected chi connectivity index (χ1v) is 9.40. The van der Waals surface area contributed by atoms with E-state index in [2.05, 4.69) is 59.2 Å².